The molecular formula is C13H14FN3O. The second-order valence-corrected chi connectivity index (χ2v) is 3.90. The molecule has 1 heterocycles. The van der Waals surface area contributed by atoms with E-state index in [1.807, 2.05) is 0 Å². The van der Waals surface area contributed by atoms with Crippen LogP contribution in [0, 0.1) is 5.82 Å². The van der Waals surface area contributed by atoms with Crippen molar-refractivity contribution in [1.29, 1.82) is 0 Å². The molecular weight excluding hydrogens is 233 g/mol. The molecule has 0 unspecified atom stereocenters. The second-order valence-electron chi connectivity index (χ2n) is 3.90. The van der Waals surface area contributed by atoms with E-state index in [1.165, 1.54) is 6.07 Å². The Morgan fingerprint density at radius 2 is 2.17 bits per heavy atom. The third-order valence-corrected chi connectivity index (χ3v) is 2.54. The molecule has 1 amide bonds. The number of amides is 1. The summed E-state index contributed by atoms with van der Waals surface area (Å²) in [5.41, 5.74) is 0.608. The molecule has 0 atom stereocenters. The van der Waals surface area contributed by atoms with E-state index in [0.29, 0.717) is 18.5 Å². The number of aromatic nitrogens is 2. The molecule has 1 aromatic carbocycles. The zero-order chi connectivity index (χ0) is 12.8. The Hall–Kier alpha value is -2.17. The van der Waals surface area contributed by atoms with Gasteiger partial charge in [0.1, 0.15) is 12.4 Å². The Kier molecular flexibility index (Phi) is 4.06. The van der Waals surface area contributed by atoms with Crippen molar-refractivity contribution in [2.24, 2.45) is 0 Å². The molecule has 4 nitrogen and oxygen atoms in total. The summed E-state index contributed by atoms with van der Waals surface area (Å²) in [4.78, 5) is 11.5. The summed E-state index contributed by atoms with van der Waals surface area (Å²) in [7, 11) is 0. The highest BCUT2D eigenvalue weighted by atomic mass is 19.1. The summed E-state index contributed by atoms with van der Waals surface area (Å²) < 4.78 is 14.8. The lowest BCUT2D eigenvalue weighted by Crippen LogP contribution is -2.29. The first-order valence-electron chi connectivity index (χ1n) is 5.73. The van der Waals surface area contributed by atoms with Crippen LogP contribution >= 0.6 is 0 Å². The van der Waals surface area contributed by atoms with Gasteiger partial charge in [0.15, 0.2) is 0 Å². The Bertz CT molecular complexity index is 511. The van der Waals surface area contributed by atoms with E-state index in [1.54, 1.807) is 41.3 Å². The van der Waals surface area contributed by atoms with Crippen molar-refractivity contribution in [3.05, 3.63) is 54.1 Å². The van der Waals surface area contributed by atoms with Gasteiger partial charge in [-0.1, -0.05) is 18.2 Å². The zero-order valence-corrected chi connectivity index (χ0v) is 9.84. The van der Waals surface area contributed by atoms with Crippen molar-refractivity contribution in [3.8, 4) is 0 Å². The van der Waals surface area contributed by atoms with Crippen molar-refractivity contribution in [3.63, 3.8) is 0 Å². The van der Waals surface area contributed by atoms with Crippen LogP contribution in [0.25, 0.3) is 0 Å². The van der Waals surface area contributed by atoms with E-state index in [2.05, 4.69) is 10.4 Å². The number of nitrogens with one attached hydrogen (secondary N) is 1. The minimum absolute atomic E-state index is 0.130. The van der Waals surface area contributed by atoms with Crippen LogP contribution in [0.4, 0.5) is 4.39 Å². The van der Waals surface area contributed by atoms with E-state index in [9.17, 15) is 9.18 Å². The Labute approximate surface area is 104 Å². The monoisotopic (exact) mass is 247 g/mol. The number of nitrogens with zero attached hydrogens (tertiary/aromatic N) is 2. The Morgan fingerprint density at radius 1 is 1.33 bits per heavy atom. The molecule has 0 radical (unpaired) electrons. The topological polar surface area (TPSA) is 46.9 Å². The minimum atomic E-state index is -0.237. The smallest absolute Gasteiger partial charge is 0.241 e. The summed E-state index contributed by atoms with van der Waals surface area (Å²) in [5, 5.41) is 6.66. The fourth-order valence-electron chi connectivity index (χ4n) is 1.63. The van der Waals surface area contributed by atoms with E-state index in [-0.39, 0.29) is 18.3 Å². The third kappa shape index (κ3) is 3.41. The van der Waals surface area contributed by atoms with Crippen LogP contribution < -0.4 is 5.32 Å². The van der Waals surface area contributed by atoms with Gasteiger partial charge in [0.2, 0.25) is 5.91 Å². The maximum atomic E-state index is 13.3. The van der Waals surface area contributed by atoms with Crippen LogP contribution in [-0.2, 0) is 17.8 Å². The zero-order valence-electron chi connectivity index (χ0n) is 9.84. The SMILES string of the molecule is O=C(Cn1cccn1)NCCc1ccccc1F. The van der Waals surface area contributed by atoms with Crippen molar-refractivity contribution in [2.75, 3.05) is 6.54 Å². The summed E-state index contributed by atoms with van der Waals surface area (Å²) in [5.74, 6) is -0.367. The van der Waals surface area contributed by atoms with Crippen LogP contribution in [0.1, 0.15) is 5.56 Å². The van der Waals surface area contributed by atoms with Gasteiger partial charge in [-0.05, 0) is 24.1 Å². The molecule has 0 aliphatic heterocycles. The third-order valence-electron chi connectivity index (χ3n) is 2.54. The number of hydrogen-bond donors (Lipinski definition) is 1. The predicted octanol–water partition coefficient (Wildman–Crippen LogP) is 1.38. The number of hydrogen-bond acceptors (Lipinski definition) is 2. The van der Waals surface area contributed by atoms with Crippen LogP contribution in [-0.4, -0.2) is 22.2 Å². The second kappa shape index (κ2) is 5.95. The molecule has 18 heavy (non-hydrogen) atoms. The molecule has 2 aromatic rings. The number of benzene rings is 1. The maximum absolute atomic E-state index is 13.3. The summed E-state index contributed by atoms with van der Waals surface area (Å²) in [6, 6.07) is 8.32. The quantitative estimate of drug-likeness (QED) is 0.867. The molecule has 0 spiro atoms. The van der Waals surface area contributed by atoms with Gasteiger partial charge >= 0.3 is 0 Å². The molecule has 5 heteroatoms. The molecule has 0 saturated carbocycles. The lowest BCUT2D eigenvalue weighted by atomic mass is 10.1. The molecule has 1 N–H and O–H groups in total. The van der Waals surface area contributed by atoms with Crippen molar-refractivity contribution in [1.82, 2.24) is 15.1 Å². The number of rotatable bonds is 5. The Balaban J connectivity index is 1.75. The predicted molar refractivity (Wildman–Crippen MR) is 65.3 cm³/mol. The Morgan fingerprint density at radius 3 is 2.89 bits per heavy atom. The normalized spacial score (nSPS) is 10.3. The van der Waals surface area contributed by atoms with Gasteiger partial charge in [0.05, 0.1) is 0 Å². The molecule has 94 valence electrons. The summed E-state index contributed by atoms with van der Waals surface area (Å²) in [6.07, 6.45) is 3.82. The lowest BCUT2D eigenvalue weighted by Gasteiger charge is -2.06. The first-order valence-corrected chi connectivity index (χ1v) is 5.73. The van der Waals surface area contributed by atoms with Crippen LogP contribution in [0.15, 0.2) is 42.7 Å². The molecule has 2 rings (SSSR count). The molecule has 0 aliphatic carbocycles. The largest absolute Gasteiger partial charge is 0.354 e. The first-order chi connectivity index (χ1) is 8.75. The molecule has 0 fully saturated rings. The van der Waals surface area contributed by atoms with Gasteiger partial charge in [0, 0.05) is 18.9 Å². The fourth-order valence-corrected chi connectivity index (χ4v) is 1.63. The standard InChI is InChI=1S/C13H14FN3O/c14-12-5-2-1-4-11(12)6-8-15-13(18)10-17-9-3-7-16-17/h1-5,7,9H,6,8,10H2,(H,15,18). The van der Waals surface area contributed by atoms with Crippen LogP contribution in [0.5, 0.6) is 0 Å². The minimum Gasteiger partial charge on any atom is -0.354 e. The van der Waals surface area contributed by atoms with Gasteiger partial charge in [-0.25, -0.2) is 4.39 Å². The molecule has 0 aliphatic rings. The van der Waals surface area contributed by atoms with Gasteiger partial charge in [-0.3, -0.25) is 9.48 Å². The van der Waals surface area contributed by atoms with E-state index in [0.717, 1.165) is 0 Å². The van der Waals surface area contributed by atoms with E-state index >= 15 is 0 Å². The molecule has 0 bridgehead atoms. The average Bonchev–Trinajstić information content (AvgIpc) is 2.84. The van der Waals surface area contributed by atoms with Gasteiger partial charge in [-0.2, -0.15) is 5.10 Å². The van der Waals surface area contributed by atoms with Crippen LogP contribution in [0.2, 0.25) is 0 Å². The van der Waals surface area contributed by atoms with E-state index in [4.69, 9.17) is 0 Å². The first kappa shape index (κ1) is 12.3. The summed E-state index contributed by atoms with van der Waals surface area (Å²) >= 11 is 0. The lowest BCUT2D eigenvalue weighted by molar-refractivity contribution is -0.121. The maximum Gasteiger partial charge on any atom is 0.241 e. The molecule has 1 aromatic heterocycles. The molecule has 0 saturated heterocycles. The number of carbonyl (C=O) groups is 1. The van der Waals surface area contributed by atoms with Crippen molar-refractivity contribution >= 4 is 5.91 Å². The highest BCUT2D eigenvalue weighted by Crippen LogP contribution is 2.05. The van der Waals surface area contributed by atoms with Crippen molar-refractivity contribution in [2.45, 2.75) is 13.0 Å². The van der Waals surface area contributed by atoms with Crippen LogP contribution in [0.3, 0.4) is 0 Å². The fraction of sp³-hybridized carbons (Fsp3) is 0.231. The number of halogens is 1. The highest BCUT2D eigenvalue weighted by molar-refractivity contribution is 5.75. The van der Waals surface area contributed by atoms with E-state index < -0.39 is 0 Å². The van der Waals surface area contributed by atoms with Crippen molar-refractivity contribution < 1.29 is 9.18 Å². The highest BCUT2D eigenvalue weighted by Gasteiger charge is 2.04. The average molecular weight is 247 g/mol. The summed E-state index contributed by atoms with van der Waals surface area (Å²) in [6.45, 7) is 0.602. The van der Waals surface area contributed by atoms with Gasteiger partial charge in [-0.15, -0.1) is 0 Å². The van der Waals surface area contributed by atoms with Gasteiger partial charge in [0.25, 0.3) is 0 Å². The van der Waals surface area contributed by atoms with Gasteiger partial charge < -0.3 is 5.32 Å². The number of carbonyl (C=O) groups excluding carboxylic acids is 1.